The number of nitrogens with zero attached hydrogens (tertiary/aromatic N) is 1. The summed E-state index contributed by atoms with van der Waals surface area (Å²) in [7, 11) is 0. The summed E-state index contributed by atoms with van der Waals surface area (Å²) in [5, 5.41) is 4.69. The maximum Gasteiger partial charge on any atom is 0.257 e. The summed E-state index contributed by atoms with van der Waals surface area (Å²) < 4.78 is 7.61. The fraction of sp³-hybridized carbons (Fsp3) is 0.211. The summed E-state index contributed by atoms with van der Waals surface area (Å²) in [6.07, 6.45) is 2.94. The molecule has 0 bridgehead atoms. The third-order valence-corrected chi connectivity index (χ3v) is 3.98. The predicted molar refractivity (Wildman–Crippen MR) is 96.5 cm³/mol. The second kappa shape index (κ2) is 7.88. The molecule has 0 saturated heterocycles. The summed E-state index contributed by atoms with van der Waals surface area (Å²) in [6.45, 7) is 1.47. The lowest BCUT2D eigenvalue weighted by atomic mass is 10.2. The molecular weight excluding hydrogens is 324 g/mol. The van der Waals surface area contributed by atoms with Crippen LogP contribution in [-0.2, 0) is 11.3 Å². The van der Waals surface area contributed by atoms with Crippen molar-refractivity contribution in [3.63, 3.8) is 0 Å². The number of fused-ring (bicyclic) bond motifs is 1. The van der Waals surface area contributed by atoms with Crippen LogP contribution >= 0.6 is 11.6 Å². The number of halogens is 1. The molecule has 3 aromatic rings. The molecule has 1 heterocycles. The van der Waals surface area contributed by atoms with Crippen LogP contribution in [0, 0.1) is 0 Å². The maximum absolute atomic E-state index is 11.8. The van der Waals surface area contributed by atoms with Gasteiger partial charge in [0.05, 0.1) is 0 Å². The number of hydrogen-bond donors (Lipinski definition) is 1. The number of hydrogen-bond acceptors (Lipinski definition) is 2. The van der Waals surface area contributed by atoms with Crippen molar-refractivity contribution in [1.82, 2.24) is 9.88 Å². The largest absolute Gasteiger partial charge is 0.484 e. The fourth-order valence-corrected chi connectivity index (χ4v) is 2.75. The Hall–Kier alpha value is -2.46. The average molecular weight is 343 g/mol. The minimum Gasteiger partial charge on any atom is -0.484 e. The van der Waals surface area contributed by atoms with Gasteiger partial charge in [0.15, 0.2) is 6.61 Å². The number of rotatable bonds is 7. The highest BCUT2D eigenvalue weighted by atomic mass is 35.5. The molecule has 124 valence electrons. The van der Waals surface area contributed by atoms with E-state index in [1.807, 2.05) is 12.1 Å². The van der Waals surface area contributed by atoms with Gasteiger partial charge in [0, 0.05) is 29.8 Å². The van der Waals surface area contributed by atoms with E-state index >= 15 is 0 Å². The summed E-state index contributed by atoms with van der Waals surface area (Å²) in [4.78, 5) is 11.8. The molecule has 0 aliphatic carbocycles. The quantitative estimate of drug-likeness (QED) is 0.662. The van der Waals surface area contributed by atoms with Crippen LogP contribution in [0.5, 0.6) is 5.75 Å². The summed E-state index contributed by atoms with van der Waals surface area (Å²) in [5.74, 6) is 0.462. The van der Waals surface area contributed by atoms with Crippen molar-refractivity contribution in [3.8, 4) is 5.75 Å². The number of aromatic nitrogens is 1. The third kappa shape index (κ3) is 4.30. The number of benzene rings is 2. The Labute approximate surface area is 146 Å². The summed E-state index contributed by atoms with van der Waals surface area (Å²) in [5.41, 5.74) is 1.22. The van der Waals surface area contributed by atoms with Crippen LogP contribution in [-0.4, -0.2) is 23.6 Å². The Morgan fingerprint density at radius 1 is 1.12 bits per heavy atom. The first kappa shape index (κ1) is 16.4. The number of carbonyl (C=O) groups excluding carboxylic acids is 1. The van der Waals surface area contributed by atoms with Gasteiger partial charge in [0.25, 0.3) is 5.91 Å². The monoisotopic (exact) mass is 342 g/mol. The molecule has 0 radical (unpaired) electrons. The summed E-state index contributed by atoms with van der Waals surface area (Å²) >= 11 is 5.87. The minimum atomic E-state index is -0.132. The van der Waals surface area contributed by atoms with Gasteiger partial charge in [-0.05, 0) is 42.1 Å². The Kier molecular flexibility index (Phi) is 5.39. The van der Waals surface area contributed by atoms with Gasteiger partial charge in [-0.3, -0.25) is 4.79 Å². The van der Waals surface area contributed by atoms with E-state index in [0.717, 1.165) is 13.0 Å². The first-order chi connectivity index (χ1) is 11.7. The van der Waals surface area contributed by atoms with Gasteiger partial charge in [0.1, 0.15) is 5.75 Å². The maximum atomic E-state index is 11.8. The van der Waals surface area contributed by atoms with Crippen LogP contribution in [0.3, 0.4) is 0 Å². The highest BCUT2D eigenvalue weighted by molar-refractivity contribution is 6.30. The minimum absolute atomic E-state index is 0.00715. The molecule has 3 rings (SSSR count). The molecule has 0 spiro atoms. The van der Waals surface area contributed by atoms with Gasteiger partial charge in [-0.1, -0.05) is 35.9 Å². The van der Waals surface area contributed by atoms with Crippen molar-refractivity contribution >= 4 is 28.4 Å². The van der Waals surface area contributed by atoms with Gasteiger partial charge in [-0.25, -0.2) is 0 Å². The van der Waals surface area contributed by atoms with Crippen LogP contribution in [0.25, 0.3) is 10.9 Å². The molecule has 1 aromatic heterocycles. The smallest absolute Gasteiger partial charge is 0.257 e. The lowest BCUT2D eigenvalue weighted by Crippen LogP contribution is -2.30. The first-order valence-corrected chi connectivity index (χ1v) is 8.29. The molecule has 1 amide bonds. The van der Waals surface area contributed by atoms with Crippen molar-refractivity contribution in [1.29, 1.82) is 0 Å². The summed E-state index contributed by atoms with van der Waals surface area (Å²) in [6, 6.07) is 17.4. The number of para-hydroxylation sites is 1. The van der Waals surface area contributed by atoms with Crippen molar-refractivity contribution in [2.24, 2.45) is 0 Å². The molecule has 1 N–H and O–H groups in total. The van der Waals surface area contributed by atoms with E-state index in [2.05, 4.69) is 34.3 Å². The van der Waals surface area contributed by atoms with Crippen molar-refractivity contribution in [2.45, 2.75) is 13.0 Å². The van der Waals surface area contributed by atoms with E-state index in [9.17, 15) is 4.79 Å². The van der Waals surface area contributed by atoms with Gasteiger partial charge in [-0.15, -0.1) is 0 Å². The average Bonchev–Trinajstić information content (AvgIpc) is 3.00. The van der Waals surface area contributed by atoms with Crippen LogP contribution in [0.15, 0.2) is 60.8 Å². The zero-order valence-corrected chi connectivity index (χ0v) is 14.0. The van der Waals surface area contributed by atoms with E-state index in [4.69, 9.17) is 16.3 Å². The Bertz CT molecular complexity index is 829. The molecule has 5 heteroatoms. The van der Waals surface area contributed by atoms with E-state index in [-0.39, 0.29) is 12.5 Å². The molecule has 0 atom stereocenters. The van der Waals surface area contributed by atoms with Crippen molar-refractivity contribution in [3.05, 3.63) is 65.8 Å². The molecule has 2 aromatic carbocycles. The lowest BCUT2D eigenvalue weighted by Gasteiger charge is -2.09. The third-order valence-electron chi connectivity index (χ3n) is 3.74. The van der Waals surface area contributed by atoms with Gasteiger partial charge in [0.2, 0.25) is 0 Å². The molecular formula is C19H19ClN2O2. The zero-order valence-electron chi connectivity index (χ0n) is 13.2. The van der Waals surface area contributed by atoms with Gasteiger partial charge < -0.3 is 14.6 Å². The predicted octanol–water partition coefficient (Wildman–Crippen LogP) is 3.88. The second-order valence-corrected chi connectivity index (χ2v) is 5.95. The number of amides is 1. The molecule has 0 unspecified atom stereocenters. The highest BCUT2D eigenvalue weighted by Gasteiger charge is 2.04. The Balaban J connectivity index is 1.39. The normalized spacial score (nSPS) is 10.7. The molecule has 0 aliphatic rings. The molecule has 0 fully saturated rings. The van der Waals surface area contributed by atoms with Crippen molar-refractivity contribution in [2.75, 3.05) is 13.2 Å². The Morgan fingerprint density at radius 2 is 2.00 bits per heavy atom. The van der Waals surface area contributed by atoms with Gasteiger partial charge >= 0.3 is 0 Å². The topological polar surface area (TPSA) is 43.3 Å². The number of ether oxygens (including phenoxy) is 1. The molecule has 24 heavy (non-hydrogen) atoms. The molecule has 4 nitrogen and oxygen atoms in total. The molecule has 0 saturated carbocycles. The van der Waals surface area contributed by atoms with Crippen LogP contribution in [0.4, 0.5) is 0 Å². The van der Waals surface area contributed by atoms with Crippen LogP contribution < -0.4 is 10.1 Å². The Morgan fingerprint density at radius 3 is 2.88 bits per heavy atom. The van der Waals surface area contributed by atoms with Gasteiger partial charge in [-0.2, -0.15) is 0 Å². The van der Waals surface area contributed by atoms with E-state index in [1.54, 1.807) is 24.3 Å². The van der Waals surface area contributed by atoms with Crippen LogP contribution in [0.2, 0.25) is 5.02 Å². The van der Waals surface area contributed by atoms with E-state index in [1.165, 1.54) is 10.9 Å². The number of carbonyl (C=O) groups is 1. The fourth-order valence-electron chi connectivity index (χ4n) is 2.57. The number of aryl methyl sites for hydroxylation is 1. The first-order valence-electron chi connectivity index (χ1n) is 7.91. The van der Waals surface area contributed by atoms with E-state index < -0.39 is 0 Å². The van der Waals surface area contributed by atoms with E-state index in [0.29, 0.717) is 17.3 Å². The highest BCUT2D eigenvalue weighted by Crippen LogP contribution is 2.17. The molecule has 0 aliphatic heterocycles. The number of nitrogens with one attached hydrogen (secondary N) is 1. The second-order valence-electron chi connectivity index (χ2n) is 5.52. The lowest BCUT2D eigenvalue weighted by molar-refractivity contribution is -0.123. The SMILES string of the molecule is O=C(COc1cccc(Cl)c1)NCCCn1ccc2ccccc21. The zero-order chi connectivity index (χ0) is 16.8. The standard InChI is InChI=1S/C19H19ClN2O2/c20-16-6-3-7-17(13-16)24-14-19(23)21-10-4-11-22-12-9-15-5-1-2-8-18(15)22/h1-3,5-9,12-13H,4,10-11,14H2,(H,21,23). The van der Waals surface area contributed by atoms with Crippen molar-refractivity contribution < 1.29 is 9.53 Å². The van der Waals surface area contributed by atoms with Crippen LogP contribution in [0.1, 0.15) is 6.42 Å².